The highest BCUT2D eigenvalue weighted by molar-refractivity contribution is 7.89. The van der Waals surface area contributed by atoms with Crippen LogP contribution in [0.25, 0.3) is 0 Å². The molecule has 20 heavy (non-hydrogen) atoms. The third kappa shape index (κ3) is 2.12. The summed E-state index contributed by atoms with van der Waals surface area (Å²) in [6, 6.07) is 0.0274. The van der Waals surface area contributed by atoms with Gasteiger partial charge in [0.1, 0.15) is 5.82 Å². The molecule has 2 aliphatic heterocycles. The van der Waals surface area contributed by atoms with Crippen molar-refractivity contribution in [3.63, 3.8) is 0 Å². The van der Waals surface area contributed by atoms with E-state index in [0.717, 1.165) is 6.42 Å². The molecule has 7 nitrogen and oxygen atoms in total. The molecular formula is C12H18N4O3S. The number of aryl methyl sites for hydroxylation is 1. The molecule has 2 aliphatic rings. The number of imidazole rings is 1. The Balaban J connectivity index is 1.80. The van der Waals surface area contributed by atoms with Gasteiger partial charge in [-0.05, 0) is 6.42 Å². The second-order valence-corrected chi connectivity index (χ2v) is 7.10. The van der Waals surface area contributed by atoms with Crippen LogP contribution in [0.15, 0.2) is 11.2 Å². The van der Waals surface area contributed by atoms with Crippen molar-refractivity contribution in [2.75, 3.05) is 19.6 Å². The molecule has 3 rings (SSSR count). The molecule has 2 saturated heterocycles. The maximum absolute atomic E-state index is 12.5. The predicted octanol–water partition coefficient (Wildman–Crippen LogP) is -0.0326. The molecule has 1 aromatic rings. The van der Waals surface area contributed by atoms with E-state index in [-0.39, 0.29) is 17.0 Å². The van der Waals surface area contributed by atoms with Crippen LogP contribution in [0.5, 0.6) is 0 Å². The topological polar surface area (TPSA) is 86.4 Å². The van der Waals surface area contributed by atoms with E-state index in [4.69, 9.17) is 0 Å². The van der Waals surface area contributed by atoms with Crippen LogP contribution in [-0.2, 0) is 21.2 Å². The van der Waals surface area contributed by atoms with E-state index in [1.165, 1.54) is 10.5 Å². The molecule has 110 valence electrons. The van der Waals surface area contributed by atoms with Gasteiger partial charge in [0.15, 0.2) is 5.03 Å². The number of hydrogen-bond donors (Lipinski definition) is 1. The van der Waals surface area contributed by atoms with E-state index in [1.807, 2.05) is 6.92 Å². The van der Waals surface area contributed by atoms with Gasteiger partial charge < -0.3 is 9.88 Å². The molecule has 1 N–H and O–H groups in total. The predicted molar refractivity (Wildman–Crippen MR) is 71.5 cm³/mol. The number of carbonyl (C=O) groups excluding carboxylic acids is 1. The van der Waals surface area contributed by atoms with Crippen LogP contribution in [0.2, 0.25) is 0 Å². The largest absolute Gasteiger partial charge is 0.337 e. The Morgan fingerprint density at radius 2 is 2.25 bits per heavy atom. The van der Waals surface area contributed by atoms with Crippen LogP contribution in [0.4, 0.5) is 0 Å². The van der Waals surface area contributed by atoms with Crippen molar-refractivity contribution in [2.45, 2.75) is 37.3 Å². The van der Waals surface area contributed by atoms with Crippen LogP contribution in [0.1, 0.15) is 25.6 Å². The third-order valence-corrected chi connectivity index (χ3v) is 5.79. The van der Waals surface area contributed by atoms with Crippen LogP contribution in [0, 0.1) is 0 Å². The van der Waals surface area contributed by atoms with Crippen molar-refractivity contribution in [2.24, 2.45) is 0 Å². The van der Waals surface area contributed by atoms with E-state index in [1.54, 1.807) is 4.90 Å². The van der Waals surface area contributed by atoms with E-state index in [0.29, 0.717) is 38.3 Å². The molecule has 1 unspecified atom stereocenters. The number of amides is 1. The lowest BCUT2D eigenvalue weighted by Gasteiger charge is -2.36. The zero-order chi connectivity index (χ0) is 14.3. The Kier molecular flexibility index (Phi) is 3.29. The molecule has 0 saturated carbocycles. The highest BCUT2D eigenvalue weighted by atomic mass is 32.2. The third-order valence-electron chi connectivity index (χ3n) is 4.02. The number of nitrogens with one attached hydrogen (secondary N) is 1. The minimum Gasteiger partial charge on any atom is -0.337 e. The van der Waals surface area contributed by atoms with Crippen molar-refractivity contribution in [3.05, 3.63) is 12.0 Å². The lowest BCUT2D eigenvalue weighted by Crippen LogP contribution is -2.53. The standard InChI is InChI=1S/C12H18N4O3S/c1-2-10-13-7-11(14-10)20(18,19)15-5-6-16-9(8-15)3-4-12(16)17/h7,9H,2-6,8H2,1H3,(H,13,14). The Bertz CT molecular complexity index is 624. The lowest BCUT2D eigenvalue weighted by molar-refractivity contribution is -0.130. The number of aromatic amines is 1. The number of rotatable bonds is 3. The molecule has 1 amide bonds. The minimum atomic E-state index is -3.53. The Morgan fingerprint density at radius 1 is 1.45 bits per heavy atom. The van der Waals surface area contributed by atoms with Gasteiger partial charge in [0.05, 0.1) is 6.20 Å². The van der Waals surface area contributed by atoms with Crippen molar-refractivity contribution >= 4 is 15.9 Å². The second-order valence-electron chi connectivity index (χ2n) is 5.19. The molecule has 3 heterocycles. The molecule has 8 heteroatoms. The average molecular weight is 298 g/mol. The van der Waals surface area contributed by atoms with E-state index in [2.05, 4.69) is 9.97 Å². The molecular weight excluding hydrogens is 280 g/mol. The smallest absolute Gasteiger partial charge is 0.260 e. The fraction of sp³-hybridized carbons (Fsp3) is 0.667. The average Bonchev–Trinajstić information content (AvgIpc) is 3.06. The van der Waals surface area contributed by atoms with Gasteiger partial charge in [-0.1, -0.05) is 6.92 Å². The molecule has 0 spiro atoms. The van der Waals surface area contributed by atoms with Crippen molar-refractivity contribution in [3.8, 4) is 0 Å². The first-order chi connectivity index (χ1) is 9.52. The number of fused-ring (bicyclic) bond motifs is 1. The minimum absolute atomic E-state index is 0.0274. The molecule has 0 bridgehead atoms. The molecule has 1 aromatic heterocycles. The molecule has 2 fully saturated rings. The highest BCUT2D eigenvalue weighted by Crippen LogP contribution is 2.26. The van der Waals surface area contributed by atoms with Gasteiger partial charge in [0.2, 0.25) is 5.91 Å². The summed E-state index contributed by atoms with van der Waals surface area (Å²) in [5, 5.41) is 0.145. The van der Waals surface area contributed by atoms with Crippen molar-refractivity contribution in [1.82, 2.24) is 19.2 Å². The normalized spacial score (nSPS) is 24.1. The van der Waals surface area contributed by atoms with Gasteiger partial charge in [-0.2, -0.15) is 4.31 Å². The van der Waals surface area contributed by atoms with E-state index >= 15 is 0 Å². The van der Waals surface area contributed by atoms with E-state index < -0.39 is 10.0 Å². The SMILES string of the molecule is CCc1ncc(S(=O)(=O)N2CCN3C(=O)CCC3C2)[nH]1. The first-order valence-electron chi connectivity index (χ1n) is 6.86. The monoisotopic (exact) mass is 298 g/mol. The number of carbonyl (C=O) groups is 1. The highest BCUT2D eigenvalue weighted by Gasteiger charge is 2.40. The Labute approximate surface area is 118 Å². The quantitative estimate of drug-likeness (QED) is 0.849. The van der Waals surface area contributed by atoms with E-state index in [9.17, 15) is 13.2 Å². The summed E-state index contributed by atoms with van der Waals surface area (Å²) < 4.78 is 26.5. The van der Waals surface area contributed by atoms with Crippen LogP contribution < -0.4 is 0 Å². The molecule has 0 aromatic carbocycles. The zero-order valence-corrected chi connectivity index (χ0v) is 12.2. The van der Waals surface area contributed by atoms with Gasteiger partial charge in [-0.25, -0.2) is 13.4 Å². The number of aromatic nitrogens is 2. The first kappa shape index (κ1) is 13.6. The summed E-state index contributed by atoms with van der Waals surface area (Å²) in [5.74, 6) is 0.806. The number of piperazine rings is 1. The lowest BCUT2D eigenvalue weighted by atomic mass is 10.2. The first-order valence-corrected chi connectivity index (χ1v) is 8.30. The molecule has 0 radical (unpaired) electrons. The van der Waals surface area contributed by atoms with Gasteiger partial charge in [0, 0.05) is 38.5 Å². The Hall–Kier alpha value is -1.41. The second kappa shape index (κ2) is 4.85. The van der Waals surface area contributed by atoms with Gasteiger partial charge in [-0.3, -0.25) is 4.79 Å². The van der Waals surface area contributed by atoms with Gasteiger partial charge in [0.25, 0.3) is 10.0 Å². The zero-order valence-electron chi connectivity index (χ0n) is 11.4. The number of hydrogen-bond acceptors (Lipinski definition) is 4. The van der Waals surface area contributed by atoms with Crippen molar-refractivity contribution < 1.29 is 13.2 Å². The molecule has 0 aliphatic carbocycles. The van der Waals surface area contributed by atoms with Crippen molar-refractivity contribution in [1.29, 1.82) is 0 Å². The Morgan fingerprint density at radius 3 is 2.95 bits per heavy atom. The summed E-state index contributed by atoms with van der Waals surface area (Å²) in [4.78, 5) is 20.3. The number of nitrogens with zero attached hydrogens (tertiary/aromatic N) is 3. The summed E-state index contributed by atoms with van der Waals surface area (Å²) in [6.07, 6.45) is 3.32. The fourth-order valence-corrected chi connectivity index (χ4v) is 4.25. The summed E-state index contributed by atoms with van der Waals surface area (Å²) in [7, 11) is -3.53. The van der Waals surface area contributed by atoms with Gasteiger partial charge >= 0.3 is 0 Å². The maximum Gasteiger partial charge on any atom is 0.260 e. The summed E-state index contributed by atoms with van der Waals surface area (Å²) in [6.45, 7) is 3.13. The van der Waals surface area contributed by atoms with Crippen LogP contribution in [0.3, 0.4) is 0 Å². The summed E-state index contributed by atoms with van der Waals surface area (Å²) >= 11 is 0. The molecule has 1 atom stereocenters. The van der Waals surface area contributed by atoms with Crippen LogP contribution >= 0.6 is 0 Å². The maximum atomic E-state index is 12.5. The fourth-order valence-electron chi connectivity index (χ4n) is 2.85. The summed E-state index contributed by atoms with van der Waals surface area (Å²) in [5.41, 5.74) is 0. The number of sulfonamides is 1. The van der Waals surface area contributed by atoms with Gasteiger partial charge in [-0.15, -0.1) is 0 Å². The number of H-pyrrole nitrogens is 1. The van der Waals surface area contributed by atoms with Crippen LogP contribution in [-0.4, -0.2) is 59.2 Å².